The maximum absolute atomic E-state index is 15.7. The summed E-state index contributed by atoms with van der Waals surface area (Å²) in [5, 5.41) is 6.81. The average molecular weight is 470 g/mol. The SMILES string of the molecule is C\C=C(/C=C(F)\C(=N\C(=C/C(C)=O)c1ccc(OC)c(CC)c1)C(C)CC)NC1CCNCC1. The van der Waals surface area contributed by atoms with E-state index in [0.29, 0.717) is 17.5 Å². The zero-order valence-corrected chi connectivity index (χ0v) is 21.5. The molecule has 2 rings (SSSR count). The van der Waals surface area contributed by atoms with Crippen molar-refractivity contribution in [1.29, 1.82) is 0 Å². The van der Waals surface area contributed by atoms with Gasteiger partial charge in [0.05, 0.1) is 18.5 Å². The molecule has 1 aliphatic rings. The first-order valence-electron chi connectivity index (χ1n) is 12.3. The van der Waals surface area contributed by atoms with Crippen LogP contribution in [-0.2, 0) is 11.2 Å². The van der Waals surface area contributed by atoms with Crippen LogP contribution in [0.3, 0.4) is 0 Å². The van der Waals surface area contributed by atoms with Crippen LogP contribution in [0.25, 0.3) is 5.70 Å². The number of ether oxygens (including phenoxy) is 1. The normalized spacial score (nSPS) is 17.5. The van der Waals surface area contributed by atoms with Crippen LogP contribution >= 0.6 is 0 Å². The van der Waals surface area contributed by atoms with Crippen molar-refractivity contribution in [1.82, 2.24) is 10.6 Å². The first-order valence-corrected chi connectivity index (χ1v) is 12.3. The number of ketones is 1. The highest BCUT2D eigenvalue weighted by Gasteiger charge is 2.18. The third kappa shape index (κ3) is 7.94. The Morgan fingerprint density at radius 3 is 2.56 bits per heavy atom. The Morgan fingerprint density at radius 2 is 2.00 bits per heavy atom. The van der Waals surface area contributed by atoms with Crippen LogP contribution in [0.15, 0.2) is 52.9 Å². The van der Waals surface area contributed by atoms with Crippen molar-refractivity contribution in [3.63, 3.8) is 0 Å². The van der Waals surface area contributed by atoms with Gasteiger partial charge in [-0.05, 0) is 82.5 Å². The van der Waals surface area contributed by atoms with Crippen LogP contribution in [0.5, 0.6) is 5.75 Å². The number of carbonyl (C=O) groups excluding carboxylic acids is 1. The predicted octanol–water partition coefficient (Wildman–Crippen LogP) is 5.77. The second-order valence-corrected chi connectivity index (χ2v) is 8.73. The third-order valence-electron chi connectivity index (χ3n) is 6.16. The number of aliphatic imine (C=N–C) groups is 1. The van der Waals surface area contributed by atoms with Gasteiger partial charge in [-0.15, -0.1) is 0 Å². The molecule has 0 amide bonds. The Hall–Kier alpha value is -2.73. The number of nitrogens with one attached hydrogen (secondary N) is 2. The maximum atomic E-state index is 15.7. The number of carbonyl (C=O) groups is 1. The van der Waals surface area contributed by atoms with E-state index < -0.39 is 0 Å². The largest absolute Gasteiger partial charge is 0.496 e. The number of hydrogen-bond acceptors (Lipinski definition) is 5. The Morgan fingerprint density at radius 1 is 1.29 bits per heavy atom. The number of piperidine rings is 1. The van der Waals surface area contributed by atoms with E-state index in [2.05, 4.69) is 10.6 Å². The van der Waals surface area contributed by atoms with E-state index >= 15 is 4.39 Å². The number of methoxy groups -OCH3 is 1. The monoisotopic (exact) mass is 469 g/mol. The molecule has 1 heterocycles. The molecule has 6 heteroatoms. The summed E-state index contributed by atoms with van der Waals surface area (Å²) in [7, 11) is 1.64. The molecular formula is C28H40FN3O2. The molecular weight excluding hydrogens is 429 g/mol. The summed E-state index contributed by atoms with van der Waals surface area (Å²) in [4.78, 5) is 16.8. The van der Waals surface area contributed by atoms with Crippen molar-refractivity contribution in [3.05, 3.63) is 59.1 Å². The van der Waals surface area contributed by atoms with Crippen LogP contribution in [0.4, 0.5) is 4.39 Å². The second-order valence-electron chi connectivity index (χ2n) is 8.73. The van der Waals surface area contributed by atoms with Gasteiger partial charge < -0.3 is 15.4 Å². The summed E-state index contributed by atoms with van der Waals surface area (Å²) in [6.07, 6.45) is 8.39. The van der Waals surface area contributed by atoms with Gasteiger partial charge in [-0.1, -0.05) is 26.8 Å². The van der Waals surface area contributed by atoms with Crippen molar-refractivity contribution >= 4 is 17.2 Å². The van der Waals surface area contributed by atoms with E-state index in [9.17, 15) is 4.79 Å². The zero-order valence-electron chi connectivity index (χ0n) is 21.5. The Kier molecular flexibility index (Phi) is 11.2. The van der Waals surface area contributed by atoms with Gasteiger partial charge in [-0.3, -0.25) is 4.79 Å². The van der Waals surface area contributed by atoms with E-state index in [1.165, 1.54) is 19.1 Å². The standard InChI is InChI=1S/C28H40FN3O2/c1-7-19(4)28(25(29)18-23(9-3)31-24-12-14-30-15-13-24)32-26(16-20(5)33)22-10-11-27(34-6)21(8-2)17-22/h9-11,16-19,24,30-31H,7-8,12-15H2,1-6H3/b23-9+,25-18+,26-16-,32-28+. The fraction of sp³-hybridized carbons (Fsp3) is 0.500. The molecule has 1 fully saturated rings. The van der Waals surface area contributed by atoms with Gasteiger partial charge in [0.2, 0.25) is 0 Å². The first-order chi connectivity index (χ1) is 16.3. The van der Waals surface area contributed by atoms with E-state index in [4.69, 9.17) is 9.73 Å². The lowest BCUT2D eigenvalue weighted by molar-refractivity contribution is -0.112. The van der Waals surface area contributed by atoms with Crippen LogP contribution < -0.4 is 15.4 Å². The van der Waals surface area contributed by atoms with Gasteiger partial charge in [0.1, 0.15) is 11.6 Å². The van der Waals surface area contributed by atoms with Crippen LogP contribution in [0.1, 0.15) is 65.0 Å². The van der Waals surface area contributed by atoms with Crippen LogP contribution in [0, 0.1) is 5.92 Å². The van der Waals surface area contributed by atoms with Gasteiger partial charge in [0.15, 0.2) is 5.78 Å². The molecule has 5 nitrogen and oxygen atoms in total. The van der Waals surface area contributed by atoms with Crippen molar-refractivity contribution in [3.8, 4) is 5.75 Å². The first kappa shape index (κ1) is 27.5. The average Bonchev–Trinajstić information content (AvgIpc) is 2.85. The second kappa shape index (κ2) is 13.9. The number of nitrogens with zero attached hydrogens (tertiary/aromatic N) is 1. The number of hydrogen-bond donors (Lipinski definition) is 2. The lowest BCUT2D eigenvalue weighted by atomic mass is 9.99. The summed E-state index contributed by atoms with van der Waals surface area (Å²) in [6.45, 7) is 11.3. The molecule has 34 heavy (non-hydrogen) atoms. The van der Waals surface area contributed by atoms with Gasteiger partial charge in [0.25, 0.3) is 0 Å². The van der Waals surface area contributed by atoms with Gasteiger partial charge in [-0.2, -0.15) is 0 Å². The fourth-order valence-electron chi connectivity index (χ4n) is 3.93. The van der Waals surface area contributed by atoms with Gasteiger partial charge in [-0.25, -0.2) is 9.38 Å². The number of halogens is 1. The minimum atomic E-state index is -0.387. The predicted molar refractivity (Wildman–Crippen MR) is 140 cm³/mol. The van der Waals surface area contributed by atoms with Crippen molar-refractivity contribution in [2.75, 3.05) is 20.2 Å². The molecule has 0 spiro atoms. The molecule has 186 valence electrons. The summed E-state index contributed by atoms with van der Waals surface area (Å²) in [5.74, 6) is 0.143. The minimum absolute atomic E-state index is 0.118. The maximum Gasteiger partial charge on any atom is 0.154 e. The number of allylic oxidation sites excluding steroid dienone is 4. The highest BCUT2D eigenvalue weighted by Crippen LogP contribution is 2.27. The molecule has 2 N–H and O–H groups in total. The number of aryl methyl sites for hydroxylation is 1. The summed E-state index contributed by atoms with van der Waals surface area (Å²) in [5.41, 5.74) is 3.32. The number of rotatable bonds is 11. The van der Waals surface area contributed by atoms with Gasteiger partial charge in [0, 0.05) is 29.3 Å². The number of benzene rings is 1. The van der Waals surface area contributed by atoms with Crippen LogP contribution in [-0.4, -0.2) is 37.7 Å². The fourth-order valence-corrected chi connectivity index (χ4v) is 3.93. The Balaban J connectivity index is 2.48. The van der Waals surface area contributed by atoms with Crippen molar-refractivity contribution < 1.29 is 13.9 Å². The Labute approximate surface area is 204 Å². The van der Waals surface area contributed by atoms with Crippen LogP contribution in [0.2, 0.25) is 0 Å². The lowest BCUT2D eigenvalue weighted by Gasteiger charge is -2.25. The molecule has 1 aliphatic heterocycles. The molecule has 0 aliphatic carbocycles. The minimum Gasteiger partial charge on any atom is -0.496 e. The molecule has 0 saturated carbocycles. The van der Waals surface area contributed by atoms with E-state index in [-0.39, 0.29) is 17.5 Å². The Bertz CT molecular complexity index is 956. The topological polar surface area (TPSA) is 62.7 Å². The molecule has 1 unspecified atom stereocenters. The molecule has 0 radical (unpaired) electrons. The molecule has 0 bridgehead atoms. The molecule has 1 saturated heterocycles. The molecule has 0 aromatic heterocycles. The van der Waals surface area contributed by atoms with Crippen molar-refractivity contribution in [2.45, 2.75) is 66.3 Å². The zero-order chi connectivity index (χ0) is 25.1. The highest BCUT2D eigenvalue weighted by atomic mass is 19.1. The van der Waals surface area contributed by atoms with E-state index in [0.717, 1.165) is 61.3 Å². The third-order valence-corrected chi connectivity index (χ3v) is 6.16. The molecule has 1 aromatic carbocycles. The summed E-state index contributed by atoms with van der Waals surface area (Å²) < 4.78 is 21.1. The summed E-state index contributed by atoms with van der Waals surface area (Å²) >= 11 is 0. The highest BCUT2D eigenvalue weighted by molar-refractivity contribution is 6.05. The van der Waals surface area contributed by atoms with Gasteiger partial charge >= 0.3 is 0 Å². The van der Waals surface area contributed by atoms with E-state index in [1.54, 1.807) is 7.11 Å². The lowest BCUT2D eigenvalue weighted by Crippen LogP contribution is -2.39. The van der Waals surface area contributed by atoms with Crippen molar-refractivity contribution in [2.24, 2.45) is 10.9 Å². The smallest absolute Gasteiger partial charge is 0.154 e. The van der Waals surface area contributed by atoms with E-state index in [1.807, 2.05) is 52.0 Å². The molecule has 1 aromatic rings. The quantitative estimate of drug-likeness (QED) is 0.245. The summed E-state index contributed by atoms with van der Waals surface area (Å²) in [6, 6.07) is 6.01. The molecule has 1 atom stereocenters.